The number of carbonyl (C=O) groups excluding carboxylic acids is 1. The van der Waals surface area contributed by atoms with Crippen molar-refractivity contribution in [1.82, 2.24) is 0 Å². The number of hydrogen-bond donors (Lipinski definition) is 3. The van der Waals surface area contributed by atoms with Crippen molar-refractivity contribution in [2.24, 2.45) is 17.1 Å². The van der Waals surface area contributed by atoms with E-state index in [1.54, 1.807) is 32.9 Å². The van der Waals surface area contributed by atoms with E-state index in [0.717, 1.165) is 5.56 Å². The Balaban J connectivity index is 2.32. The highest BCUT2D eigenvalue weighted by Crippen LogP contribution is 2.64. The molecule has 1 aromatic rings. The molecule has 0 radical (unpaired) electrons. The largest absolute Gasteiger partial charge is 0.503 e. The maximum absolute atomic E-state index is 12.0. The van der Waals surface area contributed by atoms with Crippen LogP contribution in [-0.2, 0) is 4.74 Å². The fourth-order valence-corrected chi connectivity index (χ4v) is 3.32. The van der Waals surface area contributed by atoms with Crippen molar-refractivity contribution in [3.05, 3.63) is 17.7 Å². The minimum atomic E-state index is -0.623. The van der Waals surface area contributed by atoms with Crippen molar-refractivity contribution in [1.29, 1.82) is 0 Å². The van der Waals surface area contributed by atoms with E-state index >= 15 is 0 Å². The predicted molar refractivity (Wildman–Crippen MR) is 93.6 cm³/mol. The normalized spacial score (nSPS) is 22.0. The van der Waals surface area contributed by atoms with Gasteiger partial charge in [0, 0.05) is 0 Å². The standard InChI is InChI=1S/C18H28N2O4/c1-17(2,3)24-16(22)20-12-7-10(8-13(23-6)15(12)21)14-11(9-19)18(14,4)5/h7-8,11,14,21H,9,19H2,1-6H3,(H,20,22). The molecule has 1 amide bonds. The number of benzene rings is 1. The average molecular weight is 336 g/mol. The second-order valence-corrected chi connectivity index (χ2v) is 7.89. The predicted octanol–water partition coefficient (Wildman–Crippen LogP) is 3.45. The first kappa shape index (κ1) is 18.4. The molecule has 0 heterocycles. The molecule has 0 spiro atoms. The van der Waals surface area contributed by atoms with Gasteiger partial charge in [-0.25, -0.2) is 4.79 Å². The molecular formula is C18H28N2O4. The van der Waals surface area contributed by atoms with Crippen LogP contribution in [0.1, 0.15) is 46.1 Å². The van der Waals surface area contributed by atoms with E-state index in [1.165, 1.54) is 7.11 Å². The quantitative estimate of drug-likeness (QED) is 0.732. The third-order valence-electron chi connectivity index (χ3n) is 4.62. The molecule has 24 heavy (non-hydrogen) atoms. The van der Waals surface area contributed by atoms with E-state index in [9.17, 15) is 9.90 Å². The number of carbonyl (C=O) groups is 1. The van der Waals surface area contributed by atoms with Crippen LogP contribution in [0.2, 0.25) is 0 Å². The van der Waals surface area contributed by atoms with Crippen molar-refractivity contribution >= 4 is 11.8 Å². The zero-order chi connectivity index (χ0) is 18.3. The molecule has 134 valence electrons. The van der Waals surface area contributed by atoms with Gasteiger partial charge in [-0.1, -0.05) is 13.8 Å². The number of rotatable bonds is 4. The minimum absolute atomic E-state index is 0.0833. The summed E-state index contributed by atoms with van der Waals surface area (Å²) in [6.07, 6.45) is -0.623. The van der Waals surface area contributed by atoms with Gasteiger partial charge in [0.2, 0.25) is 0 Å². The van der Waals surface area contributed by atoms with Gasteiger partial charge < -0.3 is 20.3 Å². The van der Waals surface area contributed by atoms with Crippen molar-refractivity contribution < 1.29 is 19.4 Å². The van der Waals surface area contributed by atoms with E-state index in [2.05, 4.69) is 19.2 Å². The second kappa shape index (κ2) is 6.16. The van der Waals surface area contributed by atoms with Gasteiger partial charge in [0.05, 0.1) is 12.8 Å². The van der Waals surface area contributed by atoms with Crippen molar-refractivity contribution in [3.8, 4) is 11.5 Å². The van der Waals surface area contributed by atoms with Gasteiger partial charge in [-0.2, -0.15) is 0 Å². The molecule has 1 aromatic carbocycles. The number of methoxy groups -OCH3 is 1. The second-order valence-electron chi connectivity index (χ2n) is 7.89. The van der Waals surface area contributed by atoms with Gasteiger partial charge in [0.1, 0.15) is 5.60 Å². The smallest absolute Gasteiger partial charge is 0.412 e. The van der Waals surface area contributed by atoms with Crippen molar-refractivity contribution in [2.75, 3.05) is 19.0 Å². The van der Waals surface area contributed by atoms with Crippen LogP contribution in [0.15, 0.2) is 12.1 Å². The maximum Gasteiger partial charge on any atom is 0.412 e. The molecular weight excluding hydrogens is 308 g/mol. The van der Waals surface area contributed by atoms with E-state index in [4.69, 9.17) is 15.2 Å². The van der Waals surface area contributed by atoms with Crippen LogP contribution >= 0.6 is 0 Å². The highest BCUT2D eigenvalue weighted by molar-refractivity contribution is 5.88. The molecule has 0 bridgehead atoms. The lowest BCUT2D eigenvalue weighted by Crippen LogP contribution is -2.27. The van der Waals surface area contributed by atoms with Gasteiger partial charge in [-0.15, -0.1) is 0 Å². The summed E-state index contributed by atoms with van der Waals surface area (Å²) in [6, 6.07) is 3.57. The van der Waals surface area contributed by atoms with Crippen LogP contribution in [0.4, 0.5) is 10.5 Å². The van der Waals surface area contributed by atoms with Crippen LogP contribution in [0, 0.1) is 11.3 Å². The first-order valence-corrected chi connectivity index (χ1v) is 8.12. The van der Waals surface area contributed by atoms with Gasteiger partial charge in [0.25, 0.3) is 0 Å². The Kier molecular flexibility index (Phi) is 4.72. The summed E-state index contributed by atoms with van der Waals surface area (Å²) >= 11 is 0. The van der Waals surface area contributed by atoms with E-state index in [0.29, 0.717) is 18.2 Å². The zero-order valence-corrected chi connectivity index (χ0v) is 15.3. The summed E-state index contributed by atoms with van der Waals surface area (Å²) in [5.41, 5.74) is 6.58. The van der Waals surface area contributed by atoms with Crippen LogP contribution in [0.3, 0.4) is 0 Å². The van der Waals surface area contributed by atoms with Crippen LogP contribution in [0.25, 0.3) is 0 Å². The lowest BCUT2D eigenvalue weighted by molar-refractivity contribution is 0.0635. The highest BCUT2D eigenvalue weighted by Gasteiger charge is 2.57. The molecule has 0 aromatic heterocycles. The number of amides is 1. The van der Waals surface area contributed by atoms with Gasteiger partial charge in [-0.05, 0) is 62.3 Å². The van der Waals surface area contributed by atoms with Gasteiger partial charge in [0.15, 0.2) is 11.5 Å². The minimum Gasteiger partial charge on any atom is -0.503 e. The third-order valence-corrected chi connectivity index (χ3v) is 4.62. The first-order valence-electron chi connectivity index (χ1n) is 8.12. The number of anilines is 1. The molecule has 6 heteroatoms. The van der Waals surface area contributed by atoms with E-state index < -0.39 is 11.7 Å². The third kappa shape index (κ3) is 3.59. The Morgan fingerprint density at radius 2 is 2.00 bits per heavy atom. The molecule has 6 nitrogen and oxygen atoms in total. The Morgan fingerprint density at radius 1 is 1.38 bits per heavy atom. The number of ether oxygens (including phenoxy) is 2. The Labute approximate surface area is 143 Å². The monoisotopic (exact) mass is 336 g/mol. The summed E-state index contributed by atoms with van der Waals surface area (Å²) in [6.45, 7) is 10.3. The van der Waals surface area contributed by atoms with Gasteiger partial charge in [-0.3, -0.25) is 5.32 Å². The number of nitrogens with two attached hydrogens (primary N) is 1. The fourth-order valence-electron chi connectivity index (χ4n) is 3.32. The summed E-state index contributed by atoms with van der Waals surface area (Å²) in [5, 5.41) is 12.9. The Hall–Kier alpha value is -1.95. The summed E-state index contributed by atoms with van der Waals surface area (Å²) in [5.74, 6) is 0.823. The van der Waals surface area contributed by atoms with Crippen LogP contribution in [0.5, 0.6) is 11.5 Å². The van der Waals surface area contributed by atoms with E-state index in [1.807, 2.05) is 0 Å². The molecule has 1 fully saturated rings. The Morgan fingerprint density at radius 3 is 2.46 bits per heavy atom. The fraction of sp³-hybridized carbons (Fsp3) is 0.611. The molecule has 2 atom stereocenters. The molecule has 4 N–H and O–H groups in total. The van der Waals surface area contributed by atoms with Crippen molar-refractivity contribution in [2.45, 2.75) is 46.1 Å². The van der Waals surface area contributed by atoms with Crippen LogP contribution < -0.4 is 15.8 Å². The number of phenols is 1. The summed E-state index contributed by atoms with van der Waals surface area (Å²) < 4.78 is 10.5. The SMILES string of the molecule is COc1cc(C2C(CN)C2(C)C)cc(NC(=O)OC(C)(C)C)c1O. The first-order chi connectivity index (χ1) is 11.0. The number of nitrogens with one attached hydrogen (secondary N) is 1. The molecule has 2 unspecified atom stereocenters. The molecule has 1 aliphatic carbocycles. The van der Waals surface area contributed by atoms with Gasteiger partial charge >= 0.3 is 6.09 Å². The number of hydrogen-bond acceptors (Lipinski definition) is 5. The average Bonchev–Trinajstić information content (AvgIpc) is 3.00. The van der Waals surface area contributed by atoms with E-state index in [-0.39, 0.29) is 22.8 Å². The highest BCUT2D eigenvalue weighted by atomic mass is 16.6. The summed E-state index contributed by atoms with van der Waals surface area (Å²) in [7, 11) is 1.48. The Bertz CT molecular complexity index is 635. The number of phenolic OH excluding ortho intramolecular Hbond substituents is 1. The zero-order valence-electron chi connectivity index (χ0n) is 15.3. The molecule has 2 rings (SSSR count). The number of aromatic hydroxyl groups is 1. The lowest BCUT2D eigenvalue weighted by Gasteiger charge is -2.20. The lowest BCUT2D eigenvalue weighted by atomic mass is 10.0. The molecule has 1 aliphatic rings. The molecule has 0 saturated heterocycles. The topological polar surface area (TPSA) is 93.8 Å². The van der Waals surface area contributed by atoms with Crippen molar-refractivity contribution in [3.63, 3.8) is 0 Å². The maximum atomic E-state index is 12.0. The molecule has 0 aliphatic heterocycles. The molecule has 1 saturated carbocycles. The van der Waals surface area contributed by atoms with Crippen LogP contribution in [-0.4, -0.2) is 30.5 Å². The summed E-state index contributed by atoms with van der Waals surface area (Å²) in [4.78, 5) is 12.0.